The fourth-order valence-electron chi connectivity index (χ4n) is 3.42. The van der Waals surface area contributed by atoms with Gasteiger partial charge in [-0.15, -0.1) is 0 Å². The molecule has 0 saturated carbocycles. The normalized spacial score (nSPS) is 10.9. The second-order valence-corrected chi connectivity index (χ2v) is 8.46. The van der Waals surface area contributed by atoms with E-state index in [1.54, 1.807) is 49.4 Å². The first-order chi connectivity index (χ1) is 17.4. The molecule has 0 atom stereocenters. The molecule has 0 aromatic heterocycles. The predicted molar refractivity (Wildman–Crippen MR) is 139 cm³/mol. The average Bonchev–Trinajstić information content (AvgIpc) is 2.86. The summed E-state index contributed by atoms with van der Waals surface area (Å²) in [6.45, 7) is 4.20. The van der Waals surface area contributed by atoms with Crippen molar-refractivity contribution in [3.63, 3.8) is 0 Å². The van der Waals surface area contributed by atoms with Gasteiger partial charge in [0.1, 0.15) is 23.2 Å². The van der Waals surface area contributed by atoms with Crippen LogP contribution >= 0.6 is 15.9 Å². The van der Waals surface area contributed by atoms with Crippen molar-refractivity contribution in [1.29, 1.82) is 5.26 Å². The summed E-state index contributed by atoms with van der Waals surface area (Å²) in [5.41, 5.74) is 2.49. The van der Waals surface area contributed by atoms with Gasteiger partial charge in [0.25, 0.3) is 5.91 Å². The van der Waals surface area contributed by atoms with Gasteiger partial charge in [0.2, 0.25) is 0 Å². The number of esters is 1. The Labute approximate surface area is 217 Å². The summed E-state index contributed by atoms with van der Waals surface area (Å²) in [7, 11) is 0. The number of rotatable bonds is 9. The van der Waals surface area contributed by atoms with Crippen molar-refractivity contribution in [1.82, 2.24) is 0 Å². The van der Waals surface area contributed by atoms with E-state index in [9.17, 15) is 19.2 Å². The van der Waals surface area contributed by atoms with Crippen molar-refractivity contribution in [3.05, 3.63) is 98.8 Å². The van der Waals surface area contributed by atoms with Crippen molar-refractivity contribution in [2.75, 3.05) is 18.5 Å². The zero-order valence-electron chi connectivity index (χ0n) is 19.8. The maximum absolute atomic E-state index is 14.2. The molecule has 3 rings (SSSR count). The van der Waals surface area contributed by atoms with Crippen LogP contribution in [0.1, 0.15) is 40.9 Å². The smallest absolute Gasteiger partial charge is 0.338 e. The monoisotopic (exact) mass is 550 g/mol. The molecule has 3 aromatic carbocycles. The number of halogens is 2. The van der Waals surface area contributed by atoms with E-state index in [1.807, 2.05) is 13.0 Å². The lowest BCUT2D eigenvalue weighted by molar-refractivity contribution is -0.112. The van der Waals surface area contributed by atoms with E-state index < -0.39 is 11.9 Å². The Bertz CT molecular complexity index is 1330. The number of amides is 1. The molecular weight excluding hydrogens is 527 g/mol. The van der Waals surface area contributed by atoms with Crippen LogP contribution in [0.5, 0.6) is 5.75 Å². The topological polar surface area (TPSA) is 88.4 Å². The molecule has 6 nitrogen and oxygen atoms in total. The summed E-state index contributed by atoms with van der Waals surface area (Å²) in [5.74, 6) is -0.851. The summed E-state index contributed by atoms with van der Waals surface area (Å²) in [5, 5.41) is 12.3. The van der Waals surface area contributed by atoms with Gasteiger partial charge in [-0.05, 0) is 73.5 Å². The van der Waals surface area contributed by atoms with Crippen molar-refractivity contribution >= 4 is 39.6 Å². The molecule has 36 heavy (non-hydrogen) atoms. The molecule has 3 aromatic rings. The third-order valence-electron chi connectivity index (χ3n) is 5.13. The fraction of sp³-hybridized carbons (Fsp3) is 0.179. The Balaban J connectivity index is 1.84. The molecule has 1 N–H and O–H groups in total. The highest BCUT2D eigenvalue weighted by atomic mass is 79.9. The van der Waals surface area contributed by atoms with Gasteiger partial charge in [-0.3, -0.25) is 4.79 Å². The number of carbonyl (C=O) groups excluding carboxylic acids is 2. The van der Waals surface area contributed by atoms with Gasteiger partial charge in [0, 0.05) is 22.1 Å². The van der Waals surface area contributed by atoms with Crippen LogP contribution in [-0.4, -0.2) is 25.1 Å². The number of carbonyl (C=O) groups is 2. The van der Waals surface area contributed by atoms with Crippen LogP contribution in [0.15, 0.2) is 70.7 Å². The zero-order valence-corrected chi connectivity index (χ0v) is 21.4. The van der Waals surface area contributed by atoms with Crippen molar-refractivity contribution in [2.24, 2.45) is 0 Å². The van der Waals surface area contributed by atoms with Crippen molar-refractivity contribution in [2.45, 2.75) is 20.3 Å². The summed E-state index contributed by atoms with van der Waals surface area (Å²) in [6.07, 6.45) is 1.75. The van der Waals surface area contributed by atoms with E-state index in [4.69, 9.17) is 9.47 Å². The van der Waals surface area contributed by atoms with Crippen LogP contribution in [0.3, 0.4) is 0 Å². The second-order valence-electron chi connectivity index (χ2n) is 7.60. The standard InChI is InChI=1S/C28H24BrFN2O4/c1-3-35-26-15-18(14-24(29)23(26)16-20-7-5-6-8-25(20)30)13-21(17-31)27(33)32-22-11-9-19(10-12-22)28(34)36-4-2/h5-15H,3-4,16H2,1-2H3,(H,32,33)/b21-13+. The van der Waals surface area contributed by atoms with E-state index in [2.05, 4.69) is 21.2 Å². The minimum atomic E-state index is -0.606. The summed E-state index contributed by atoms with van der Waals surface area (Å²) >= 11 is 3.53. The molecule has 0 aliphatic rings. The highest BCUT2D eigenvalue weighted by Crippen LogP contribution is 2.33. The summed E-state index contributed by atoms with van der Waals surface area (Å²) < 4.78 is 25.6. The number of anilines is 1. The highest BCUT2D eigenvalue weighted by Gasteiger charge is 2.15. The molecule has 0 aliphatic carbocycles. The van der Waals surface area contributed by atoms with Crippen LogP contribution < -0.4 is 10.1 Å². The number of hydrogen-bond donors (Lipinski definition) is 1. The molecule has 0 unspecified atom stereocenters. The van der Waals surface area contributed by atoms with Crippen LogP contribution in [0.25, 0.3) is 6.08 Å². The average molecular weight is 551 g/mol. The zero-order chi connectivity index (χ0) is 26.1. The molecule has 0 heterocycles. The number of nitriles is 1. The molecule has 0 bridgehead atoms. The molecule has 0 aliphatic heterocycles. The quantitative estimate of drug-likeness (QED) is 0.192. The van der Waals surface area contributed by atoms with E-state index in [-0.39, 0.29) is 18.0 Å². The largest absolute Gasteiger partial charge is 0.494 e. The Hall–Kier alpha value is -3.96. The maximum Gasteiger partial charge on any atom is 0.338 e. The second kappa shape index (κ2) is 12.7. The van der Waals surface area contributed by atoms with Gasteiger partial charge in [0.05, 0.1) is 18.8 Å². The van der Waals surface area contributed by atoms with Crippen LogP contribution in [-0.2, 0) is 16.0 Å². The van der Waals surface area contributed by atoms with E-state index in [0.717, 1.165) is 5.56 Å². The van der Waals surface area contributed by atoms with Gasteiger partial charge < -0.3 is 14.8 Å². The molecule has 0 radical (unpaired) electrons. The third kappa shape index (κ3) is 6.80. The Kier molecular flexibility index (Phi) is 9.37. The lowest BCUT2D eigenvalue weighted by Gasteiger charge is -2.14. The van der Waals surface area contributed by atoms with Crippen molar-refractivity contribution < 1.29 is 23.5 Å². The Morgan fingerprint density at radius 1 is 1.08 bits per heavy atom. The fourth-order valence-corrected chi connectivity index (χ4v) is 4.02. The maximum atomic E-state index is 14.2. The summed E-state index contributed by atoms with van der Waals surface area (Å²) in [6, 6.07) is 18.1. The SMILES string of the molecule is CCOC(=O)c1ccc(NC(=O)/C(C#N)=C/c2cc(Br)c(Cc3ccccc3F)c(OCC)c2)cc1. The number of nitrogens with zero attached hydrogens (tertiary/aromatic N) is 1. The first kappa shape index (κ1) is 26.6. The van der Waals surface area contributed by atoms with Crippen LogP contribution in [0.4, 0.5) is 10.1 Å². The van der Waals surface area contributed by atoms with Crippen LogP contribution in [0.2, 0.25) is 0 Å². The van der Waals surface area contributed by atoms with E-state index in [0.29, 0.717) is 45.6 Å². The summed E-state index contributed by atoms with van der Waals surface area (Å²) in [4.78, 5) is 24.5. The number of nitrogens with one attached hydrogen (secondary N) is 1. The molecule has 1 amide bonds. The molecular formula is C28H24BrFN2O4. The van der Waals surface area contributed by atoms with Gasteiger partial charge in [-0.2, -0.15) is 5.26 Å². The Morgan fingerprint density at radius 3 is 2.44 bits per heavy atom. The number of ether oxygens (including phenoxy) is 2. The molecule has 0 spiro atoms. The predicted octanol–water partition coefficient (Wildman–Crippen LogP) is 6.30. The Morgan fingerprint density at radius 2 is 1.81 bits per heavy atom. The number of benzene rings is 3. The first-order valence-corrected chi connectivity index (χ1v) is 12.0. The van der Waals surface area contributed by atoms with Crippen LogP contribution in [0, 0.1) is 17.1 Å². The molecule has 184 valence electrons. The highest BCUT2D eigenvalue weighted by molar-refractivity contribution is 9.10. The van der Waals surface area contributed by atoms with Gasteiger partial charge in [0.15, 0.2) is 0 Å². The minimum Gasteiger partial charge on any atom is -0.494 e. The van der Waals surface area contributed by atoms with Gasteiger partial charge >= 0.3 is 5.97 Å². The van der Waals surface area contributed by atoms with E-state index >= 15 is 0 Å². The third-order valence-corrected chi connectivity index (χ3v) is 5.84. The van der Waals surface area contributed by atoms with E-state index in [1.165, 1.54) is 24.3 Å². The minimum absolute atomic E-state index is 0.124. The van der Waals surface area contributed by atoms with Crippen molar-refractivity contribution in [3.8, 4) is 11.8 Å². The number of hydrogen-bond acceptors (Lipinski definition) is 5. The first-order valence-electron chi connectivity index (χ1n) is 11.2. The lowest BCUT2D eigenvalue weighted by atomic mass is 10.0. The molecule has 0 fully saturated rings. The molecule has 8 heteroatoms. The van der Waals surface area contributed by atoms with Gasteiger partial charge in [-0.25, -0.2) is 9.18 Å². The van der Waals surface area contributed by atoms with Gasteiger partial charge in [-0.1, -0.05) is 34.1 Å². The molecule has 0 saturated heterocycles. The lowest BCUT2D eigenvalue weighted by Crippen LogP contribution is -2.13.